The Morgan fingerprint density at radius 3 is 2.62 bits per heavy atom. The van der Waals surface area contributed by atoms with Gasteiger partial charge in [0.05, 0.1) is 0 Å². The number of esters is 1. The molecule has 1 heterocycles. The number of hydrogen-bond acceptors (Lipinski definition) is 4. The molecule has 0 aromatic carbocycles. The van der Waals surface area contributed by atoms with E-state index in [4.69, 9.17) is 22.1 Å². The third-order valence-electron chi connectivity index (χ3n) is 2.26. The van der Waals surface area contributed by atoms with Crippen LogP contribution in [-0.4, -0.2) is 32.6 Å². The first-order valence-electron chi connectivity index (χ1n) is 4.63. The summed E-state index contributed by atoms with van der Waals surface area (Å²) in [7, 11) is 0. The number of hydrogen-bond donors (Lipinski definition) is 3. The van der Waals surface area contributed by atoms with Crippen LogP contribution >= 0.6 is 12.2 Å². The molecule has 0 radical (unpaired) electrons. The van der Waals surface area contributed by atoms with Gasteiger partial charge in [0.15, 0.2) is 4.77 Å². The predicted octanol–water partition coefficient (Wildman–Crippen LogP) is 1.48. The standard InChI is InChI=1S/C9H12N2O4S/c1-3-9(2,7(13)14)15-6(12)5-4-10-8(16)11-5/h4H,3H2,1-2H3,(H,13,14)(H2,10,11,16). The van der Waals surface area contributed by atoms with E-state index in [0.29, 0.717) is 0 Å². The molecule has 1 atom stereocenters. The van der Waals surface area contributed by atoms with Gasteiger partial charge in [-0.1, -0.05) is 6.92 Å². The summed E-state index contributed by atoms with van der Waals surface area (Å²) in [5, 5.41) is 8.92. The molecule has 0 bridgehead atoms. The van der Waals surface area contributed by atoms with E-state index < -0.39 is 17.5 Å². The maximum atomic E-state index is 11.6. The first kappa shape index (κ1) is 12.4. The van der Waals surface area contributed by atoms with Gasteiger partial charge in [0.1, 0.15) is 5.69 Å². The van der Waals surface area contributed by atoms with Crippen molar-refractivity contribution in [1.82, 2.24) is 9.97 Å². The van der Waals surface area contributed by atoms with Gasteiger partial charge in [0.2, 0.25) is 5.60 Å². The third kappa shape index (κ3) is 2.48. The molecule has 1 unspecified atom stereocenters. The lowest BCUT2D eigenvalue weighted by molar-refractivity contribution is -0.157. The molecule has 1 aromatic heterocycles. The van der Waals surface area contributed by atoms with Gasteiger partial charge in [0.25, 0.3) is 0 Å². The normalized spacial score (nSPS) is 14.1. The van der Waals surface area contributed by atoms with E-state index in [1.165, 1.54) is 13.1 Å². The highest BCUT2D eigenvalue weighted by atomic mass is 32.1. The summed E-state index contributed by atoms with van der Waals surface area (Å²) < 4.78 is 5.19. The monoisotopic (exact) mass is 244 g/mol. The lowest BCUT2D eigenvalue weighted by Gasteiger charge is -2.22. The zero-order chi connectivity index (χ0) is 12.3. The first-order valence-corrected chi connectivity index (χ1v) is 5.04. The Bertz CT molecular complexity index is 464. The number of aromatic amines is 2. The number of rotatable bonds is 4. The molecule has 0 amide bonds. The second kappa shape index (κ2) is 4.48. The number of imidazole rings is 1. The molecule has 7 heteroatoms. The van der Waals surface area contributed by atoms with Crippen molar-refractivity contribution in [2.45, 2.75) is 25.9 Å². The minimum absolute atomic E-state index is 0.103. The van der Waals surface area contributed by atoms with Crippen LogP contribution < -0.4 is 0 Å². The van der Waals surface area contributed by atoms with Crippen molar-refractivity contribution in [3.05, 3.63) is 16.7 Å². The van der Waals surface area contributed by atoms with Gasteiger partial charge in [-0.15, -0.1) is 0 Å². The number of nitrogens with one attached hydrogen (secondary N) is 2. The van der Waals surface area contributed by atoms with Crippen molar-refractivity contribution in [2.24, 2.45) is 0 Å². The Hall–Kier alpha value is -1.63. The van der Waals surface area contributed by atoms with Gasteiger partial charge >= 0.3 is 11.9 Å². The third-order valence-corrected chi connectivity index (χ3v) is 2.48. The number of carbonyl (C=O) groups is 2. The smallest absolute Gasteiger partial charge is 0.357 e. The fourth-order valence-electron chi connectivity index (χ4n) is 0.969. The highest BCUT2D eigenvalue weighted by molar-refractivity contribution is 7.71. The average Bonchev–Trinajstić information content (AvgIpc) is 2.64. The minimum atomic E-state index is -1.52. The van der Waals surface area contributed by atoms with Crippen LogP contribution in [0.15, 0.2) is 6.20 Å². The SMILES string of the molecule is CCC(C)(OC(=O)c1c[nH]c(=S)[nH]1)C(=O)O. The zero-order valence-electron chi connectivity index (χ0n) is 8.86. The summed E-state index contributed by atoms with van der Waals surface area (Å²) in [6.45, 7) is 2.97. The number of H-pyrrole nitrogens is 2. The van der Waals surface area contributed by atoms with E-state index in [1.807, 2.05) is 0 Å². The Balaban J connectivity index is 2.85. The molecule has 0 aliphatic carbocycles. The van der Waals surface area contributed by atoms with Gasteiger partial charge in [-0.25, -0.2) is 9.59 Å². The molecule has 0 aliphatic rings. The second-order valence-corrected chi connectivity index (χ2v) is 3.84. The molecule has 0 aliphatic heterocycles. The fourth-order valence-corrected chi connectivity index (χ4v) is 1.14. The van der Waals surface area contributed by atoms with E-state index in [1.54, 1.807) is 6.92 Å². The van der Waals surface area contributed by atoms with Crippen LogP contribution in [0.1, 0.15) is 30.8 Å². The van der Waals surface area contributed by atoms with E-state index in [9.17, 15) is 9.59 Å². The number of carboxylic acids is 1. The van der Waals surface area contributed by atoms with Crippen LogP contribution in [0.25, 0.3) is 0 Å². The summed E-state index contributed by atoms with van der Waals surface area (Å²) in [6, 6.07) is 0. The van der Waals surface area contributed by atoms with Gasteiger partial charge in [0, 0.05) is 6.20 Å². The molecule has 1 aromatic rings. The lowest BCUT2D eigenvalue weighted by atomic mass is 10.0. The summed E-state index contributed by atoms with van der Waals surface area (Å²) in [5.74, 6) is -1.93. The number of aliphatic carboxylic acids is 1. The van der Waals surface area contributed by atoms with Crippen molar-refractivity contribution < 1.29 is 19.4 Å². The van der Waals surface area contributed by atoms with Crippen molar-refractivity contribution in [1.29, 1.82) is 0 Å². The molecule has 1 rings (SSSR count). The predicted molar refractivity (Wildman–Crippen MR) is 57.7 cm³/mol. The molecule has 0 saturated heterocycles. The Kier molecular flexibility index (Phi) is 3.48. The molecule has 0 spiro atoms. The maximum Gasteiger partial charge on any atom is 0.357 e. The van der Waals surface area contributed by atoms with Crippen molar-refractivity contribution in [2.75, 3.05) is 0 Å². The molecule has 3 N–H and O–H groups in total. The summed E-state index contributed by atoms with van der Waals surface area (Å²) in [4.78, 5) is 27.6. The highest BCUT2D eigenvalue weighted by Crippen LogP contribution is 2.17. The quantitative estimate of drug-likeness (QED) is 0.551. The second-order valence-electron chi connectivity index (χ2n) is 3.44. The molecule has 0 saturated carbocycles. The first-order chi connectivity index (χ1) is 7.39. The fraction of sp³-hybridized carbons (Fsp3) is 0.444. The van der Waals surface area contributed by atoms with Crippen molar-refractivity contribution in [3.8, 4) is 0 Å². The average molecular weight is 244 g/mol. The number of carboxylic acid groups (broad SMARTS) is 1. The van der Waals surface area contributed by atoms with Crippen LogP contribution in [0.3, 0.4) is 0 Å². The van der Waals surface area contributed by atoms with Crippen LogP contribution in [0.2, 0.25) is 0 Å². The van der Waals surface area contributed by atoms with Gasteiger partial charge < -0.3 is 19.8 Å². The maximum absolute atomic E-state index is 11.6. The largest absolute Gasteiger partial charge is 0.478 e. The van der Waals surface area contributed by atoms with Crippen LogP contribution in [0, 0.1) is 4.77 Å². The molecule has 88 valence electrons. The Morgan fingerprint density at radius 2 is 2.25 bits per heavy atom. The number of carbonyl (C=O) groups excluding carboxylic acids is 1. The topological polar surface area (TPSA) is 95.2 Å². The summed E-state index contributed by atoms with van der Waals surface area (Å²) >= 11 is 4.74. The van der Waals surface area contributed by atoms with Crippen LogP contribution in [0.4, 0.5) is 0 Å². The van der Waals surface area contributed by atoms with Crippen molar-refractivity contribution >= 4 is 24.2 Å². The van der Waals surface area contributed by atoms with E-state index >= 15 is 0 Å². The van der Waals surface area contributed by atoms with E-state index in [2.05, 4.69) is 9.97 Å². The minimum Gasteiger partial charge on any atom is -0.478 e. The number of aromatic nitrogens is 2. The molecule has 6 nitrogen and oxygen atoms in total. The summed E-state index contributed by atoms with van der Waals surface area (Å²) in [6.07, 6.45) is 1.52. The molecule has 0 fully saturated rings. The van der Waals surface area contributed by atoms with Gasteiger partial charge in [-0.05, 0) is 25.6 Å². The van der Waals surface area contributed by atoms with Crippen molar-refractivity contribution in [3.63, 3.8) is 0 Å². The molecular formula is C9H12N2O4S. The zero-order valence-corrected chi connectivity index (χ0v) is 9.68. The Labute approximate surface area is 96.6 Å². The molecular weight excluding hydrogens is 232 g/mol. The van der Waals surface area contributed by atoms with E-state index in [0.717, 1.165) is 0 Å². The summed E-state index contributed by atoms with van der Waals surface area (Å²) in [5.41, 5.74) is -1.42. The highest BCUT2D eigenvalue weighted by Gasteiger charge is 2.36. The lowest BCUT2D eigenvalue weighted by Crippen LogP contribution is -2.39. The van der Waals surface area contributed by atoms with Gasteiger partial charge in [-0.3, -0.25) is 0 Å². The number of ether oxygens (including phenoxy) is 1. The Morgan fingerprint density at radius 1 is 1.62 bits per heavy atom. The van der Waals surface area contributed by atoms with Crippen LogP contribution in [-0.2, 0) is 9.53 Å². The van der Waals surface area contributed by atoms with E-state index in [-0.39, 0.29) is 16.9 Å². The van der Waals surface area contributed by atoms with Crippen LogP contribution in [0.5, 0.6) is 0 Å². The van der Waals surface area contributed by atoms with Gasteiger partial charge in [-0.2, -0.15) is 0 Å². The molecule has 16 heavy (non-hydrogen) atoms.